The molecule has 1 amide bonds. The maximum absolute atomic E-state index is 11.4. The number of hydrogen-bond donors (Lipinski definition) is 1. The Bertz CT molecular complexity index is 204. The summed E-state index contributed by atoms with van der Waals surface area (Å²) in [5.74, 6) is 0.736. The van der Waals surface area contributed by atoms with Crippen molar-refractivity contribution in [3.8, 4) is 0 Å². The molecule has 0 radical (unpaired) electrons. The van der Waals surface area contributed by atoms with Gasteiger partial charge in [-0.2, -0.15) is 0 Å². The molecule has 0 aromatic heterocycles. The van der Waals surface area contributed by atoms with Crippen molar-refractivity contribution >= 4 is 5.91 Å². The first-order valence-corrected chi connectivity index (χ1v) is 5.18. The van der Waals surface area contributed by atoms with Crippen LogP contribution in [0.3, 0.4) is 0 Å². The van der Waals surface area contributed by atoms with Crippen molar-refractivity contribution in [2.24, 2.45) is 11.7 Å². The van der Waals surface area contributed by atoms with E-state index < -0.39 is 0 Å². The molecular formula is C10H21N3O. The van der Waals surface area contributed by atoms with Crippen molar-refractivity contribution in [1.29, 1.82) is 0 Å². The number of amides is 1. The number of carbonyl (C=O) groups is 1. The summed E-state index contributed by atoms with van der Waals surface area (Å²) in [4.78, 5) is 15.3. The van der Waals surface area contributed by atoms with E-state index in [1.807, 2.05) is 6.92 Å². The van der Waals surface area contributed by atoms with Crippen LogP contribution in [0.1, 0.15) is 13.3 Å². The Morgan fingerprint density at radius 3 is 2.71 bits per heavy atom. The van der Waals surface area contributed by atoms with Crippen LogP contribution in [0.25, 0.3) is 0 Å². The Morgan fingerprint density at radius 1 is 1.64 bits per heavy atom. The molecule has 2 unspecified atom stereocenters. The number of likely N-dealkylation sites (N-methyl/N-ethyl adjacent to an activating group) is 1. The van der Waals surface area contributed by atoms with Gasteiger partial charge in [0.2, 0.25) is 5.91 Å². The molecule has 4 heteroatoms. The van der Waals surface area contributed by atoms with Gasteiger partial charge in [0.25, 0.3) is 0 Å². The van der Waals surface area contributed by atoms with Crippen LogP contribution in [0.2, 0.25) is 0 Å². The zero-order chi connectivity index (χ0) is 10.7. The van der Waals surface area contributed by atoms with Gasteiger partial charge >= 0.3 is 0 Å². The molecular weight excluding hydrogens is 178 g/mol. The van der Waals surface area contributed by atoms with E-state index in [1.54, 1.807) is 19.0 Å². The molecule has 1 fully saturated rings. The second-order valence-corrected chi connectivity index (χ2v) is 4.43. The molecule has 0 bridgehead atoms. The SMILES string of the molecule is CC(N)C1CCN(CC(=O)N(C)C)C1. The van der Waals surface area contributed by atoms with Gasteiger partial charge in [-0.15, -0.1) is 0 Å². The summed E-state index contributed by atoms with van der Waals surface area (Å²) in [6.45, 7) is 4.56. The highest BCUT2D eigenvalue weighted by Gasteiger charge is 2.26. The molecule has 82 valence electrons. The van der Waals surface area contributed by atoms with Gasteiger partial charge in [-0.3, -0.25) is 9.69 Å². The Hall–Kier alpha value is -0.610. The van der Waals surface area contributed by atoms with Gasteiger partial charge in [-0.25, -0.2) is 0 Å². The maximum atomic E-state index is 11.4. The molecule has 2 atom stereocenters. The molecule has 4 nitrogen and oxygen atoms in total. The fraction of sp³-hybridized carbons (Fsp3) is 0.900. The average molecular weight is 199 g/mol. The van der Waals surface area contributed by atoms with E-state index in [2.05, 4.69) is 4.90 Å². The van der Waals surface area contributed by atoms with Crippen molar-refractivity contribution < 1.29 is 4.79 Å². The summed E-state index contributed by atoms with van der Waals surface area (Å²) in [6, 6.07) is 0.245. The van der Waals surface area contributed by atoms with Crippen molar-refractivity contribution in [2.45, 2.75) is 19.4 Å². The van der Waals surface area contributed by atoms with E-state index in [0.29, 0.717) is 12.5 Å². The summed E-state index contributed by atoms with van der Waals surface area (Å²) in [5, 5.41) is 0. The van der Waals surface area contributed by atoms with Crippen LogP contribution in [0.15, 0.2) is 0 Å². The quantitative estimate of drug-likeness (QED) is 0.681. The fourth-order valence-electron chi connectivity index (χ4n) is 1.77. The van der Waals surface area contributed by atoms with E-state index >= 15 is 0 Å². The molecule has 0 aliphatic carbocycles. The molecule has 0 aromatic rings. The van der Waals surface area contributed by atoms with Crippen LogP contribution in [0.5, 0.6) is 0 Å². The zero-order valence-corrected chi connectivity index (χ0v) is 9.36. The van der Waals surface area contributed by atoms with Gasteiger partial charge in [-0.1, -0.05) is 0 Å². The van der Waals surface area contributed by atoms with Gasteiger partial charge in [0.15, 0.2) is 0 Å². The predicted octanol–water partition coefficient (Wildman–Crippen LogP) is -0.256. The van der Waals surface area contributed by atoms with E-state index in [4.69, 9.17) is 5.73 Å². The predicted molar refractivity (Wildman–Crippen MR) is 56.9 cm³/mol. The third-order valence-electron chi connectivity index (χ3n) is 2.91. The van der Waals surface area contributed by atoms with E-state index in [9.17, 15) is 4.79 Å². The van der Waals surface area contributed by atoms with Gasteiger partial charge in [-0.05, 0) is 25.8 Å². The van der Waals surface area contributed by atoms with Crippen LogP contribution in [0, 0.1) is 5.92 Å². The molecule has 0 aromatic carbocycles. The second-order valence-electron chi connectivity index (χ2n) is 4.43. The number of rotatable bonds is 3. The maximum Gasteiger partial charge on any atom is 0.236 e. The highest BCUT2D eigenvalue weighted by Crippen LogP contribution is 2.18. The zero-order valence-electron chi connectivity index (χ0n) is 9.36. The van der Waals surface area contributed by atoms with Crippen molar-refractivity contribution in [3.63, 3.8) is 0 Å². The number of nitrogens with zero attached hydrogens (tertiary/aromatic N) is 2. The molecule has 0 saturated carbocycles. The fourth-order valence-corrected chi connectivity index (χ4v) is 1.77. The van der Waals surface area contributed by atoms with Crippen LogP contribution in [-0.4, -0.2) is 55.5 Å². The monoisotopic (exact) mass is 199 g/mol. The summed E-state index contributed by atoms with van der Waals surface area (Å²) in [5.41, 5.74) is 5.83. The summed E-state index contributed by atoms with van der Waals surface area (Å²) >= 11 is 0. The largest absolute Gasteiger partial charge is 0.348 e. The van der Waals surface area contributed by atoms with Gasteiger partial charge in [0.1, 0.15) is 0 Å². The third kappa shape index (κ3) is 2.96. The highest BCUT2D eigenvalue weighted by molar-refractivity contribution is 5.77. The van der Waals surface area contributed by atoms with E-state index in [-0.39, 0.29) is 11.9 Å². The van der Waals surface area contributed by atoms with Crippen LogP contribution >= 0.6 is 0 Å². The first kappa shape index (κ1) is 11.5. The molecule has 1 aliphatic rings. The number of nitrogens with two attached hydrogens (primary N) is 1. The van der Waals surface area contributed by atoms with Crippen LogP contribution < -0.4 is 5.73 Å². The Kier molecular flexibility index (Phi) is 3.89. The summed E-state index contributed by atoms with van der Waals surface area (Å²) in [7, 11) is 3.59. The lowest BCUT2D eigenvalue weighted by molar-refractivity contribution is -0.129. The first-order chi connectivity index (χ1) is 6.50. The van der Waals surface area contributed by atoms with Gasteiger partial charge in [0, 0.05) is 26.7 Å². The minimum absolute atomic E-state index is 0.176. The molecule has 1 saturated heterocycles. The molecule has 0 spiro atoms. The Labute approximate surface area is 86.0 Å². The summed E-state index contributed by atoms with van der Waals surface area (Å²) < 4.78 is 0. The van der Waals surface area contributed by atoms with Crippen molar-refractivity contribution in [1.82, 2.24) is 9.80 Å². The van der Waals surface area contributed by atoms with Gasteiger partial charge in [0.05, 0.1) is 6.54 Å². The van der Waals surface area contributed by atoms with Crippen LogP contribution in [0.4, 0.5) is 0 Å². The lowest BCUT2D eigenvalue weighted by atomic mass is 10.0. The number of hydrogen-bond acceptors (Lipinski definition) is 3. The van der Waals surface area contributed by atoms with Crippen LogP contribution in [-0.2, 0) is 4.79 Å². The second kappa shape index (κ2) is 4.75. The van der Waals surface area contributed by atoms with Crippen molar-refractivity contribution in [3.05, 3.63) is 0 Å². The normalized spacial score (nSPS) is 25.0. The van der Waals surface area contributed by atoms with E-state index in [0.717, 1.165) is 19.5 Å². The van der Waals surface area contributed by atoms with Gasteiger partial charge < -0.3 is 10.6 Å². The third-order valence-corrected chi connectivity index (χ3v) is 2.91. The number of likely N-dealkylation sites (tertiary alicyclic amines) is 1. The van der Waals surface area contributed by atoms with Crippen molar-refractivity contribution in [2.75, 3.05) is 33.7 Å². The Balaban J connectivity index is 2.32. The minimum Gasteiger partial charge on any atom is -0.348 e. The number of carbonyl (C=O) groups excluding carboxylic acids is 1. The molecule has 1 rings (SSSR count). The smallest absolute Gasteiger partial charge is 0.236 e. The standard InChI is InChI=1S/C10H21N3O/c1-8(11)9-4-5-13(6-9)7-10(14)12(2)3/h8-9H,4-7,11H2,1-3H3. The molecule has 14 heavy (non-hydrogen) atoms. The summed E-state index contributed by atoms with van der Waals surface area (Å²) in [6.07, 6.45) is 1.12. The lowest BCUT2D eigenvalue weighted by Gasteiger charge is -2.19. The molecule has 2 N–H and O–H groups in total. The lowest BCUT2D eigenvalue weighted by Crippen LogP contribution is -2.36. The topological polar surface area (TPSA) is 49.6 Å². The highest BCUT2D eigenvalue weighted by atomic mass is 16.2. The first-order valence-electron chi connectivity index (χ1n) is 5.18. The Morgan fingerprint density at radius 2 is 2.29 bits per heavy atom. The minimum atomic E-state index is 0.176. The molecule has 1 aliphatic heterocycles. The average Bonchev–Trinajstić information content (AvgIpc) is 2.52. The molecule has 1 heterocycles. The van der Waals surface area contributed by atoms with E-state index in [1.165, 1.54) is 0 Å².